The van der Waals surface area contributed by atoms with Crippen LogP contribution in [-0.2, 0) is 9.53 Å². The minimum atomic E-state index is 0.178. The lowest BCUT2D eigenvalue weighted by Gasteiger charge is -2.37. The standard InChI is InChI=1S/C16H30N2O2/c1-11-6-5-7-15(14(11)4)17-16(19)10-18-8-12(2)20-13(3)9-18/h11-15H,5-10H2,1-4H3,(H,17,19)/t11-,12+,13+,14+,15+/m0/s1. The summed E-state index contributed by atoms with van der Waals surface area (Å²) in [6.45, 7) is 10.9. The Morgan fingerprint density at radius 2 is 1.80 bits per heavy atom. The lowest BCUT2D eigenvalue weighted by molar-refractivity contribution is -0.127. The molecule has 1 saturated carbocycles. The number of morpholine rings is 1. The number of carbonyl (C=O) groups is 1. The van der Waals surface area contributed by atoms with Crippen molar-refractivity contribution in [3.63, 3.8) is 0 Å². The fourth-order valence-electron chi connectivity index (χ4n) is 3.65. The Hall–Kier alpha value is -0.610. The summed E-state index contributed by atoms with van der Waals surface area (Å²) in [4.78, 5) is 14.5. The Labute approximate surface area is 123 Å². The van der Waals surface area contributed by atoms with E-state index in [0.717, 1.165) is 25.4 Å². The number of nitrogens with zero attached hydrogens (tertiary/aromatic N) is 1. The highest BCUT2D eigenvalue weighted by atomic mass is 16.5. The normalized spacial score (nSPS) is 39.5. The van der Waals surface area contributed by atoms with Crippen molar-refractivity contribution in [2.75, 3.05) is 19.6 Å². The van der Waals surface area contributed by atoms with Crippen molar-refractivity contribution in [3.8, 4) is 0 Å². The predicted molar refractivity (Wildman–Crippen MR) is 80.6 cm³/mol. The first-order chi connectivity index (χ1) is 9.45. The van der Waals surface area contributed by atoms with Crippen molar-refractivity contribution in [2.45, 2.75) is 65.2 Å². The highest BCUT2D eigenvalue weighted by Gasteiger charge is 2.29. The number of carbonyl (C=O) groups excluding carboxylic acids is 1. The molecule has 0 spiro atoms. The van der Waals surface area contributed by atoms with Crippen molar-refractivity contribution in [1.82, 2.24) is 10.2 Å². The van der Waals surface area contributed by atoms with Crippen molar-refractivity contribution < 1.29 is 9.53 Å². The average Bonchev–Trinajstić information content (AvgIpc) is 2.33. The largest absolute Gasteiger partial charge is 0.373 e. The van der Waals surface area contributed by atoms with Gasteiger partial charge in [0.05, 0.1) is 18.8 Å². The topological polar surface area (TPSA) is 41.6 Å². The molecule has 1 N–H and O–H groups in total. The molecule has 4 heteroatoms. The predicted octanol–water partition coefficient (Wildman–Crippen LogP) is 2.04. The number of ether oxygens (including phenoxy) is 1. The molecule has 2 rings (SSSR count). The van der Waals surface area contributed by atoms with Gasteiger partial charge in [-0.1, -0.05) is 26.7 Å². The van der Waals surface area contributed by atoms with Crippen LogP contribution in [0.2, 0.25) is 0 Å². The van der Waals surface area contributed by atoms with E-state index in [2.05, 4.69) is 37.9 Å². The van der Waals surface area contributed by atoms with E-state index in [1.165, 1.54) is 12.8 Å². The molecular weight excluding hydrogens is 252 g/mol. The van der Waals surface area contributed by atoms with Crippen LogP contribution >= 0.6 is 0 Å². The summed E-state index contributed by atoms with van der Waals surface area (Å²) in [7, 11) is 0. The molecule has 0 bridgehead atoms. The number of amides is 1. The summed E-state index contributed by atoms with van der Waals surface area (Å²) in [5.74, 6) is 1.49. The molecule has 1 aliphatic carbocycles. The number of rotatable bonds is 3. The summed E-state index contributed by atoms with van der Waals surface area (Å²) in [6, 6.07) is 0.363. The van der Waals surface area contributed by atoms with Crippen LogP contribution in [0.25, 0.3) is 0 Å². The lowest BCUT2D eigenvalue weighted by atomic mass is 9.78. The fraction of sp³-hybridized carbons (Fsp3) is 0.938. The van der Waals surface area contributed by atoms with Gasteiger partial charge in [0.1, 0.15) is 0 Å². The molecule has 0 aromatic heterocycles. The van der Waals surface area contributed by atoms with Crippen LogP contribution in [0.1, 0.15) is 47.0 Å². The quantitative estimate of drug-likeness (QED) is 0.861. The van der Waals surface area contributed by atoms with Gasteiger partial charge >= 0.3 is 0 Å². The molecule has 1 saturated heterocycles. The monoisotopic (exact) mass is 282 g/mol. The molecule has 4 nitrogen and oxygen atoms in total. The van der Waals surface area contributed by atoms with E-state index in [4.69, 9.17) is 4.74 Å². The van der Waals surface area contributed by atoms with E-state index in [9.17, 15) is 4.79 Å². The molecule has 2 fully saturated rings. The van der Waals surface area contributed by atoms with E-state index >= 15 is 0 Å². The molecule has 1 heterocycles. The maximum Gasteiger partial charge on any atom is 0.234 e. The van der Waals surface area contributed by atoms with Crippen molar-refractivity contribution >= 4 is 5.91 Å². The minimum Gasteiger partial charge on any atom is -0.373 e. The molecule has 0 unspecified atom stereocenters. The summed E-state index contributed by atoms with van der Waals surface area (Å²) in [6.07, 6.45) is 4.11. The minimum absolute atomic E-state index is 0.178. The fourth-order valence-corrected chi connectivity index (χ4v) is 3.65. The van der Waals surface area contributed by atoms with Crippen LogP contribution in [0, 0.1) is 11.8 Å². The Morgan fingerprint density at radius 1 is 1.15 bits per heavy atom. The first-order valence-electron chi connectivity index (χ1n) is 8.13. The van der Waals surface area contributed by atoms with Crippen LogP contribution in [0.4, 0.5) is 0 Å². The summed E-state index contributed by atoms with van der Waals surface area (Å²) in [5.41, 5.74) is 0. The van der Waals surface area contributed by atoms with Crippen LogP contribution < -0.4 is 5.32 Å². The summed E-state index contributed by atoms with van der Waals surface area (Å²) in [5, 5.41) is 3.25. The Morgan fingerprint density at radius 3 is 2.45 bits per heavy atom. The van der Waals surface area contributed by atoms with Gasteiger partial charge < -0.3 is 10.1 Å². The highest BCUT2D eigenvalue weighted by molar-refractivity contribution is 5.78. The van der Waals surface area contributed by atoms with Crippen LogP contribution in [0.15, 0.2) is 0 Å². The van der Waals surface area contributed by atoms with E-state index in [1.54, 1.807) is 0 Å². The Kier molecular flexibility index (Phi) is 5.44. The van der Waals surface area contributed by atoms with Gasteiger partial charge in [0, 0.05) is 19.1 Å². The summed E-state index contributed by atoms with van der Waals surface area (Å²) < 4.78 is 5.71. The van der Waals surface area contributed by atoms with Gasteiger partial charge in [-0.15, -0.1) is 0 Å². The molecule has 1 amide bonds. The van der Waals surface area contributed by atoms with E-state index in [1.807, 2.05) is 0 Å². The van der Waals surface area contributed by atoms with Gasteiger partial charge in [0.15, 0.2) is 0 Å². The zero-order chi connectivity index (χ0) is 14.7. The zero-order valence-electron chi connectivity index (χ0n) is 13.4. The second kappa shape index (κ2) is 6.90. The summed E-state index contributed by atoms with van der Waals surface area (Å²) >= 11 is 0. The number of hydrogen-bond acceptors (Lipinski definition) is 3. The second-order valence-electron chi connectivity index (χ2n) is 6.89. The smallest absolute Gasteiger partial charge is 0.234 e. The third-order valence-electron chi connectivity index (χ3n) is 4.92. The van der Waals surface area contributed by atoms with Crippen LogP contribution in [0.3, 0.4) is 0 Å². The van der Waals surface area contributed by atoms with Crippen molar-refractivity contribution in [1.29, 1.82) is 0 Å². The van der Waals surface area contributed by atoms with Gasteiger partial charge in [0.25, 0.3) is 0 Å². The maximum atomic E-state index is 12.3. The molecule has 20 heavy (non-hydrogen) atoms. The highest BCUT2D eigenvalue weighted by Crippen LogP contribution is 2.29. The number of nitrogens with one attached hydrogen (secondary N) is 1. The van der Waals surface area contributed by atoms with Crippen LogP contribution in [-0.4, -0.2) is 48.7 Å². The zero-order valence-corrected chi connectivity index (χ0v) is 13.4. The molecule has 5 atom stereocenters. The lowest BCUT2D eigenvalue weighted by Crippen LogP contribution is -2.51. The SMILES string of the molecule is C[C@@H]1[C@@H](C)CCC[C@H]1NC(=O)CN1C[C@@H](C)O[C@H](C)C1. The third-order valence-corrected chi connectivity index (χ3v) is 4.92. The van der Waals surface area contributed by atoms with Crippen molar-refractivity contribution in [3.05, 3.63) is 0 Å². The third kappa shape index (κ3) is 4.19. The molecular formula is C16H30N2O2. The molecule has 116 valence electrons. The van der Waals surface area contributed by atoms with Crippen LogP contribution in [0.5, 0.6) is 0 Å². The Balaban J connectivity index is 1.80. The molecule has 0 radical (unpaired) electrons. The van der Waals surface area contributed by atoms with E-state index in [0.29, 0.717) is 18.5 Å². The van der Waals surface area contributed by atoms with Gasteiger partial charge in [-0.05, 0) is 32.1 Å². The first-order valence-corrected chi connectivity index (χ1v) is 8.13. The first kappa shape index (κ1) is 15.8. The van der Waals surface area contributed by atoms with Gasteiger partial charge in [-0.2, -0.15) is 0 Å². The molecule has 1 aliphatic heterocycles. The van der Waals surface area contributed by atoms with Crippen molar-refractivity contribution in [2.24, 2.45) is 11.8 Å². The van der Waals surface area contributed by atoms with E-state index in [-0.39, 0.29) is 18.1 Å². The Bertz CT molecular complexity index is 324. The van der Waals surface area contributed by atoms with E-state index < -0.39 is 0 Å². The average molecular weight is 282 g/mol. The number of hydrogen-bond donors (Lipinski definition) is 1. The van der Waals surface area contributed by atoms with Gasteiger partial charge in [-0.3, -0.25) is 9.69 Å². The molecule has 0 aromatic rings. The molecule has 2 aliphatic rings. The van der Waals surface area contributed by atoms with Gasteiger partial charge in [0.2, 0.25) is 5.91 Å². The van der Waals surface area contributed by atoms with Gasteiger partial charge in [-0.25, -0.2) is 0 Å². The maximum absolute atomic E-state index is 12.3. The molecule has 0 aromatic carbocycles. The second-order valence-corrected chi connectivity index (χ2v) is 6.89.